The molecule has 0 fully saturated rings. The second-order valence-corrected chi connectivity index (χ2v) is 9.91. The molecule has 6 nitrogen and oxygen atoms in total. The molecule has 0 amide bonds. The molecule has 0 aliphatic heterocycles. The molecule has 0 unspecified atom stereocenters. The predicted octanol–water partition coefficient (Wildman–Crippen LogP) is 2.04. The van der Waals surface area contributed by atoms with Crippen LogP contribution in [-0.2, 0) is 26.4 Å². The summed E-state index contributed by atoms with van der Waals surface area (Å²) in [5, 5.41) is 5.68. The van der Waals surface area contributed by atoms with E-state index >= 15 is 0 Å². The highest BCUT2D eigenvalue weighted by Crippen LogP contribution is 2.23. The van der Waals surface area contributed by atoms with Gasteiger partial charge in [0.2, 0.25) is 10.0 Å². The molecule has 2 N–H and O–H groups in total. The number of hydrogen-bond donors (Lipinski definition) is 1. The number of nitrogens with zero attached hydrogens (tertiary/aromatic N) is 1. The lowest BCUT2D eigenvalue weighted by molar-refractivity contribution is 0.597. The standard InChI is InChI=1S/C16H19ClN2O4S2/c1-24(20,21)11-10-19(12-13-4-2-3-5-16(13)17)14-6-8-15(9-7-14)25(18,22)23/h2-9H,10-12H2,1H3,(H2,18,22,23). The van der Waals surface area contributed by atoms with Gasteiger partial charge < -0.3 is 4.90 Å². The van der Waals surface area contributed by atoms with Gasteiger partial charge in [-0.3, -0.25) is 0 Å². The lowest BCUT2D eigenvalue weighted by atomic mass is 10.2. The Morgan fingerprint density at radius 3 is 2.12 bits per heavy atom. The lowest BCUT2D eigenvalue weighted by Crippen LogP contribution is -2.28. The maximum atomic E-state index is 11.5. The number of sulfone groups is 1. The maximum Gasteiger partial charge on any atom is 0.238 e. The zero-order valence-corrected chi connectivity index (χ0v) is 16.0. The van der Waals surface area contributed by atoms with Crippen LogP contribution in [0.25, 0.3) is 0 Å². The lowest BCUT2D eigenvalue weighted by Gasteiger charge is -2.25. The van der Waals surface area contributed by atoms with E-state index in [2.05, 4.69) is 0 Å². The van der Waals surface area contributed by atoms with Crippen LogP contribution >= 0.6 is 11.6 Å². The Hall–Kier alpha value is -1.61. The van der Waals surface area contributed by atoms with E-state index < -0.39 is 19.9 Å². The summed E-state index contributed by atoms with van der Waals surface area (Å²) in [5.41, 5.74) is 1.52. The molecule has 0 aromatic heterocycles. The summed E-state index contributed by atoms with van der Waals surface area (Å²) in [6, 6.07) is 13.3. The fourth-order valence-corrected chi connectivity index (χ4v) is 3.52. The minimum Gasteiger partial charge on any atom is -0.366 e. The molecule has 136 valence electrons. The first-order valence-electron chi connectivity index (χ1n) is 7.35. The average molecular weight is 403 g/mol. The Morgan fingerprint density at radius 2 is 1.60 bits per heavy atom. The highest BCUT2D eigenvalue weighted by molar-refractivity contribution is 7.90. The topological polar surface area (TPSA) is 97.5 Å². The Morgan fingerprint density at radius 1 is 1.00 bits per heavy atom. The van der Waals surface area contributed by atoms with Crippen molar-refractivity contribution in [3.05, 3.63) is 59.1 Å². The maximum absolute atomic E-state index is 11.5. The van der Waals surface area contributed by atoms with Gasteiger partial charge in [-0.1, -0.05) is 29.8 Å². The molecule has 2 aromatic rings. The summed E-state index contributed by atoms with van der Waals surface area (Å²) >= 11 is 6.19. The largest absolute Gasteiger partial charge is 0.366 e. The number of rotatable bonds is 7. The van der Waals surface area contributed by atoms with E-state index in [1.165, 1.54) is 18.4 Å². The summed E-state index contributed by atoms with van der Waals surface area (Å²) in [4.78, 5) is 1.83. The number of nitrogens with two attached hydrogens (primary N) is 1. The van der Waals surface area contributed by atoms with E-state index in [0.29, 0.717) is 17.3 Å². The van der Waals surface area contributed by atoms with Gasteiger partial charge in [-0.25, -0.2) is 22.0 Å². The predicted molar refractivity (Wildman–Crippen MR) is 100 cm³/mol. The van der Waals surface area contributed by atoms with Crippen LogP contribution in [-0.4, -0.2) is 35.4 Å². The van der Waals surface area contributed by atoms with Crippen molar-refractivity contribution >= 4 is 37.1 Å². The van der Waals surface area contributed by atoms with Crippen molar-refractivity contribution in [1.82, 2.24) is 0 Å². The monoisotopic (exact) mass is 402 g/mol. The van der Waals surface area contributed by atoms with Gasteiger partial charge in [-0.2, -0.15) is 0 Å². The molecule has 25 heavy (non-hydrogen) atoms. The van der Waals surface area contributed by atoms with E-state index in [0.717, 1.165) is 5.56 Å². The first kappa shape index (κ1) is 19.7. The molecule has 9 heteroatoms. The average Bonchev–Trinajstić information content (AvgIpc) is 2.51. The van der Waals surface area contributed by atoms with E-state index in [1.807, 2.05) is 23.1 Å². The highest BCUT2D eigenvalue weighted by atomic mass is 35.5. The first-order chi connectivity index (χ1) is 11.6. The minimum atomic E-state index is -3.78. The molecule has 2 aromatic carbocycles. The third kappa shape index (κ3) is 6.00. The SMILES string of the molecule is CS(=O)(=O)CCN(Cc1ccccc1Cl)c1ccc(S(N)(=O)=O)cc1. The van der Waals surface area contributed by atoms with Gasteiger partial charge in [0, 0.05) is 30.1 Å². The molecule has 0 saturated heterocycles. The molecule has 0 heterocycles. The van der Waals surface area contributed by atoms with Gasteiger partial charge in [-0.05, 0) is 35.9 Å². The number of anilines is 1. The number of benzene rings is 2. The Bertz CT molecular complexity index is 942. The van der Waals surface area contributed by atoms with Gasteiger partial charge in [0.1, 0.15) is 9.84 Å². The number of primary sulfonamides is 1. The quantitative estimate of drug-likeness (QED) is 0.764. The summed E-state index contributed by atoms with van der Waals surface area (Å²) < 4.78 is 45.8. The number of halogens is 1. The van der Waals surface area contributed by atoms with Crippen LogP contribution in [0.3, 0.4) is 0 Å². The van der Waals surface area contributed by atoms with E-state index in [9.17, 15) is 16.8 Å². The van der Waals surface area contributed by atoms with Gasteiger partial charge in [0.15, 0.2) is 0 Å². The summed E-state index contributed by atoms with van der Waals surface area (Å²) in [6.45, 7) is 0.642. The van der Waals surface area contributed by atoms with Crippen LogP contribution in [0.15, 0.2) is 53.4 Å². The molecule has 0 aliphatic carbocycles. The van der Waals surface area contributed by atoms with Crippen molar-refractivity contribution in [2.24, 2.45) is 5.14 Å². The van der Waals surface area contributed by atoms with Crippen molar-refractivity contribution in [1.29, 1.82) is 0 Å². The highest BCUT2D eigenvalue weighted by Gasteiger charge is 2.14. The zero-order chi connectivity index (χ0) is 18.7. The first-order valence-corrected chi connectivity index (χ1v) is 11.3. The Balaban J connectivity index is 2.32. The van der Waals surface area contributed by atoms with Gasteiger partial charge >= 0.3 is 0 Å². The molecule has 0 aliphatic rings. The molecule has 0 radical (unpaired) electrons. The van der Waals surface area contributed by atoms with Crippen molar-refractivity contribution in [3.8, 4) is 0 Å². The number of sulfonamides is 1. The summed E-state index contributed by atoms with van der Waals surface area (Å²) in [7, 11) is -6.93. The Labute approximate surface area is 153 Å². The molecular formula is C16H19ClN2O4S2. The van der Waals surface area contributed by atoms with E-state index in [-0.39, 0.29) is 17.2 Å². The molecule has 2 rings (SSSR count). The van der Waals surface area contributed by atoms with E-state index in [1.54, 1.807) is 18.2 Å². The van der Waals surface area contributed by atoms with Gasteiger partial charge in [0.05, 0.1) is 10.6 Å². The molecular weight excluding hydrogens is 384 g/mol. The summed E-state index contributed by atoms with van der Waals surface area (Å²) in [5.74, 6) is -0.0333. The minimum absolute atomic E-state index is 0.00273. The van der Waals surface area contributed by atoms with Crippen molar-refractivity contribution in [3.63, 3.8) is 0 Å². The normalized spacial score (nSPS) is 12.1. The van der Waals surface area contributed by atoms with Crippen LogP contribution in [0.4, 0.5) is 5.69 Å². The van der Waals surface area contributed by atoms with E-state index in [4.69, 9.17) is 16.7 Å². The fraction of sp³-hybridized carbons (Fsp3) is 0.250. The van der Waals surface area contributed by atoms with Crippen LogP contribution in [0, 0.1) is 0 Å². The van der Waals surface area contributed by atoms with Crippen molar-refractivity contribution in [2.75, 3.05) is 23.5 Å². The summed E-state index contributed by atoms with van der Waals surface area (Å²) in [6.07, 6.45) is 1.17. The Kier molecular flexibility index (Phi) is 6.10. The second kappa shape index (κ2) is 7.74. The van der Waals surface area contributed by atoms with Crippen LogP contribution in [0.2, 0.25) is 5.02 Å². The third-order valence-electron chi connectivity index (χ3n) is 3.58. The van der Waals surface area contributed by atoms with Crippen LogP contribution in [0.1, 0.15) is 5.56 Å². The molecule has 0 spiro atoms. The molecule has 0 atom stereocenters. The zero-order valence-electron chi connectivity index (χ0n) is 13.6. The van der Waals surface area contributed by atoms with Gasteiger partial charge in [0.25, 0.3) is 0 Å². The van der Waals surface area contributed by atoms with Crippen molar-refractivity contribution in [2.45, 2.75) is 11.4 Å². The fourth-order valence-electron chi connectivity index (χ4n) is 2.25. The smallest absolute Gasteiger partial charge is 0.238 e. The number of hydrogen-bond acceptors (Lipinski definition) is 5. The van der Waals surface area contributed by atoms with Crippen LogP contribution in [0.5, 0.6) is 0 Å². The molecule has 0 bridgehead atoms. The van der Waals surface area contributed by atoms with Crippen LogP contribution < -0.4 is 10.0 Å². The van der Waals surface area contributed by atoms with Gasteiger partial charge in [-0.15, -0.1) is 0 Å². The van der Waals surface area contributed by atoms with Crippen molar-refractivity contribution < 1.29 is 16.8 Å². The molecule has 0 saturated carbocycles. The second-order valence-electron chi connectivity index (χ2n) is 5.68. The third-order valence-corrected chi connectivity index (χ3v) is 5.80.